The first-order valence-corrected chi connectivity index (χ1v) is 10.2. The predicted octanol–water partition coefficient (Wildman–Crippen LogP) is 5.17. The van der Waals surface area contributed by atoms with E-state index < -0.39 is 11.7 Å². The lowest BCUT2D eigenvalue weighted by Gasteiger charge is -2.19. The molecule has 162 valence electrons. The number of pyridine rings is 1. The van der Waals surface area contributed by atoms with E-state index in [1.165, 1.54) is 12.1 Å². The first-order chi connectivity index (χ1) is 14.8. The highest BCUT2D eigenvalue weighted by Gasteiger charge is 2.30. The number of benzene rings is 2. The molecule has 31 heavy (non-hydrogen) atoms. The summed E-state index contributed by atoms with van der Waals surface area (Å²) in [5.74, 6) is 0.118. The summed E-state index contributed by atoms with van der Waals surface area (Å²) in [4.78, 5) is 19.8. The maximum Gasteiger partial charge on any atom is 0.416 e. The van der Waals surface area contributed by atoms with Gasteiger partial charge in [-0.1, -0.05) is 26.0 Å². The third-order valence-corrected chi connectivity index (χ3v) is 5.51. The van der Waals surface area contributed by atoms with Gasteiger partial charge in [-0.25, -0.2) is 4.98 Å². The quantitative estimate of drug-likeness (QED) is 0.424. The minimum Gasteiger partial charge on any atom is -0.435 e. The van der Waals surface area contributed by atoms with Gasteiger partial charge in [0.1, 0.15) is 0 Å². The van der Waals surface area contributed by atoms with Crippen LogP contribution >= 0.6 is 0 Å². The minimum atomic E-state index is -4.42. The molecule has 0 aliphatic heterocycles. The Hall–Kier alpha value is -3.13. The monoisotopic (exact) mass is 429 g/mol. The van der Waals surface area contributed by atoms with Crippen LogP contribution in [0.2, 0.25) is 0 Å². The van der Waals surface area contributed by atoms with Gasteiger partial charge in [0.2, 0.25) is 5.89 Å². The standard InChI is InChI=1S/C23H22F3N3O2/c1-3-28(4-2)13-14-29-18-8-6-5-7-17(18)20-19(22(29)30)27-21(31-20)15-9-11-16(12-10-15)23(24,25)26/h5-12H,3-4,13-14H2,1-2H3. The van der Waals surface area contributed by atoms with Crippen molar-refractivity contribution in [2.75, 3.05) is 19.6 Å². The van der Waals surface area contributed by atoms with Gasteiger partial charge < -0.3 is 13.9 Å². The Balaban J connectivity index is 1.83. The van der Waals surface area contributed by atoms with Crippen molar-refractivity contribution in [2.45, 2.75) is 26.6 Å². The van der Waals surface area contributed by atoms with Gasteiger partial charge in [-0.05, 0) is 49.5 Å². The number of alkyl halides is 3. The molecule has 4 rings (SSSR count). The summed E-state index contributed by atoms with van der Waals surface area (Å²) < 4.78 is 46.1. The molecule has 8 heteroatoms. The fourth-order valence-electron chi connectivity index (χ4n) is 3.71. The van der Waals surface area contributed by atoms with Crippen molar-refractivity contribution < 1.29 is 17.6 Å². The van der Waals surface area contributed by atoms with Crippen LogP contribution in [0.3, 0.4) is 0 Å². The van der Waals surface area contributed by atoms with Gasteiger partial charge in [0.05, 0.1) is 11.1 Å². The van der Waals surface area contributed by atoms with E-state index in [0.717, 1.165) is 36.1 Å². The Bertz CT molecular complexity index is 1270. The van der Waals surface area contributed by atoms with Gasteiger partial charge >= 0.3 is 6.18 Å². The third kappa shape index (κ3) is 3.95. The molecule has 0 radical (unpaired) electrons. The van der Waals surface area contributed by atoms with E-state index in [2.05, 4.69) is 23.7 Å². The molecule has 2 aromatic heterocycles. The van der Waals surface area contributed by atoms with Gasteiger partial charge in [0.15, 0.2) is 11.1 Å². The average Bonchev–Trinajstić information content (AvgIpc) is 3.22. The minimum absolute atomic E-state index is 0.118. The number of oxazole rings is 1. The molecule has 0 aliphatic carbocycles. The summed E-state index contributed by atoms with van der Waals surface area (Å²) in [6.07, 6.45) is -4.42. The number of para-hydroxylation sites is 1. The van der Waals surface area contributed by atoms with Gasteiger partial charge in [0.25, 0.3) is 5.56 Å². The average molecular weight is 429 g/mol. The van der Waals surface area contributed by atoms with Gasteiger partial charge in [-0.3, -0.25) is 4.79 Å². The van der Waals surface area contributed by atoms with Gasteiger partial charge in [-0.2, -0.15) is 13.2 Å². The van der Waals surface area contributed by atoms with Crippen LogP contribution in [0.15, 0.2) is 57.7 Å². The van der Waals surface area contributed by atoms with Crippen LogP contribution in [-0.4, -0.2) is 34.1 Å². The first kappa shape index (κ1) is 21.1. The Morgan fingerprint density at radius 2 is 1.71 bits per heavy atom. The van der Waals surface area contributed by atoms with E-state index in [4.69, 9.17) is 4.42 Å². The number of rotatable bonds is 6. The zero-order chi connectivity index (χ0) is 22.2. The maximum absolute atomic E-state index is 13.2. The largest absolute Gasteiger partial charge is 0.435 e. The van der Waals surface area contributed by atoms with Crippen LogP contribution in [0.25, 0.3) is 33.5 Å². The second-order valence-corrected chi connectivity index (χ2v) is 7.27. The van der Waals surface area contributed by atoms with E-state index in [1.807, 2.05) is 24.3 Å². The van der Waals surface area contributed by atoms with Crippen LogP contribution in [0.5, 0.6) is 0 Å². The van der Waals surface area contributed by atoms with E-state index in [1.54, 1.807) is 4.57 Å². The highest BCUT2D eigenvalue weighted by Crippen LogP contribution is 2.32. The molecule has 0 saturated heterocycles. The van der Waals surface area contributed by atoms with E-state index >= 15 is 0 Å². The maximum atomic E-state index is 13.2. The number of fused-ring (bicyclic) bond motifs is 3. The molecule has 2 heterocycles. The molecule has 0 atom stereocenters. The molecule has 2 aromatic carbocycles. The summed E-state index contributed by atoms with van der Waals surface area (Å²) in [6, 6.07) is 12.0. The lowest BCUT2D eigenvalue weighted by atomic mass is 10.1. The van der Waals surface area contributed by atoms with Crippen molar-refractivity contribution in [1.82, 2.24) is 14.5 Å². The normalized spacial score (nSPS) is 12.3. The Labute approximate surface area is 176 Å². The van der Waals surface area contributed by atoms with E-state index in [0.29, 0.717) is 24.2 Å². The summed E-state index contributed by atoms with van der Waals surface area (Å²) in [5, 5.41) is 0.738. The van der Waals surface area contributed by atoms with Crippen LogP contribution in [-0.2, 0) is 12.7 Å². The van der Waals surface area contributed by atoms with Crippen molar-refractivity contribution in [3.05, 3.63) is 64.4 Å². The van der Waals surface area contributed by atoms with Crippen molar-refractivity contribution in [3.63, 3.8) is 0 Å². The molecule has 5 nitrogen and oxygen atoms in total. The van der Waals surface area contributed by atoms with Gasteiger partial charge in [-0.15, -0.1) is 0 Å². The lowest BCUT2D eigenvalue weighted by molar-refractivity contribution is -0.137. The van der Waals surface area contributed by atoms with Crippen molar-refractivity contribution in [3.8, 4) is 11.5 Å². The second kappa shape index (κ2) is 8.19. The number of likely N-dealkylation sites (N-methyl/N-ethyl adjacent to an activating group) is 1. The van der Waals surface area contributed by atoms with Crippen molar-refractivity contribution in [1.29, 1.82) is 0 Å². The molecule has 4 aromatic rings. The Morgan fingerprint density at radius 3 is 2.35 bits per heavy atom. The highest BCUT2D eigenvalue weighted by atomic mass is 19.4. The molecule has 0 amide bonds. The predicted molar refractivity (Wildman–Crippen MR) is 114 cm³/mol. The zero-order valence-electron chi connectivity index (χ0n) is 17.2. The molecular weight excluding hydrogens is 407 g/mol. The SMILES string of the molecule is CCN(CC)CCn1c(=O)c2nc(-c3ccc(C(F)(F)F)cc3)oc2c2ccccc21. The summed E-state index contributed by atoms with van der Waals surface area (Å²) >= 11 is 0. The van der Waals surface area contributed by atoms with Gasteiger partial charge in [0, 0.05) is 24.0 Å². The molecule has 0 aliphatic rings. The number of aromatic nitrogens is 2. The van der Waals surface area contributed by atoms with Crippen molar-refractivity contribution >= 4 is 22.0 Å². The van der Waals surface area contributed by atoms with Crippen molar-refractivity contribution in [2.24, 2.45) is 0 Å². The molecular formula is C23H22F3N3O2. The lowest BCUT2D eigenvalue weighted by Crippen LogP contribution is -2.31. The Morgan fingerprint density at radius 1 is 1.03 bits per heavy atom. The number of nitrogens with zero attached hydrogens (tertiary/aromatic N) is 3. The highest BCUT2D eigenvalue weighted by molar-refractivity contribution is 6.01. The molecule has 0 fully saturated rings. The third-order valence-electron chi connectivity index (χ3n) is 5.51. The van der Waals surface area contributed by atoms with Crippen LogP contribution in [0, 0.1) is 0 Å². The van der Waals surface area contributed by atoms with Crippen LogP contribution in [0.1, 0.15) is 19.4 Å². The topological polar surface area (TPSA) is 51.3 Å². The molecule has 0 saturated carbocycles. The number of hydrogen-bond acceptors (Lipinski definition) is 4. The molecule has 0 spiro atoms. The second-order valence-electron chi connectivity index (χ2n) is 7.27. The molecule has 0 unspecified atom stereocenters. The number of halogens is 3. The zero-order valence-corrected chi connectivity index (χ0v) is 17.2. The van der Waals surface area contributed by atoms with Crippen LogP contribution < -0.4 is 5.56 Å². The number of hydrogen-bond donors (Lipinski definition) is 0. The summed E-state index contributed by atoms with van der Waals surface area (Å²) in [5.41, 5.74) is 0.603. The summed E-state index contributed by atoms with van der Waals surface area (Å²) in [7, 11) is 0. The first-order valence-electron chi connectivity index (χ1n) is 10.2. The summed E-state index contributed by atoms with van der Waals surface area (Å²) in [6.45, 7) is 7.12. The van der Waals surface area contributed by atoms with Crippen LogP contribution in [0.4, 0.5) is 13.2 Å². The fraction of sp³-hybridized carbons (Fsp3) is 0.304. The molecule has 0 bridgehead atoms. The Kier molecular flexibility index (Phi) is 5.58. The van der Waals surface area contributed by atoms with E-state index in [-0.39, 0.29) is 17.0 Å². The fourth-order valence-corrected chi connectivity index (χ4v) is 3.71. The molecule has 0 N–H and O–H groups in total. The smallest absolute Gasteiger partial charge is 0.416 e. The van der Waals surface area contributed by atoms with E-state index in [9.17, 15) is 18.0 Å².